The molecule has 2 aliphatic rings. The highest BCUT2D eigenvalue weighted by molar-refractivity contribution is 5.86. The van der Waals surface area contributed by atoms with E-state index in [-0.39, 0.29) is 23.7 Å². The number of nitrogens with one attached hydrogen (secondary N) is 1. The van der Waals surface area contributed by atoms with Crippen LogP contribution >= 0.6 is 0 Å². The molecule has 1 aromatic rings. The molecule has 2 fully saturated rings. The SMILES string of the molecule is CC(=O)N1CCC[C@](O)(C(=O)NCC2(Cc3ccc(F)cc3)CC2)C1. The lowest BCUT2D eigenvalue weighted by Gasteiger charge is -2.37. The minimum absolute atomic E-state index is 0.00121. The van der Waals surface area contributed by atoms with E-state index in [0.29, 0.717) is 25.9 Å². The highest BCUT2D eigenvalue weighted by atomic mass is 19.1. The Kier molecular flexibility index (Phi) is 4.82. The molecular formula is C19H25FN2O3. The number of piperidine rings is 1. The number of carbonyl (C=O) groups excluding carboxylic acids is 2. The quantitative estimate of drug-likeness (QED) is 0.850. The van der Waals surface area contributed by atoms with Crippen LogP contribution in [0.2, 0.25) is 0 Å². The minimum Gasteiger partial charge on any atom is -0.378 e. The predicted octanol–water partition coefficient (Wildman–Crippen LogP) is 1.64. The molecule has 1 saturated carbocycles. The van der Waals surface area contributed by atoms with Crippen molar-refractivity contribution < 1.29 is 19.1 Å². The largest absolute Gasteiger partial charge is 0.378 e. The molecule has 2 amide bonds. The van der Waals surface area contributed by atoms with E-state index in [2.05, 4.69) is 5.32 Å². The summed E-state index contributed by atoms with van der Waals surface area (Å²) < 4.78 is 13.0. The van der Waals surface area contributed by atoms with Gasteiger partial charge >= 0.3 is 0 Å². The molecule has 25 heavy (non-hydrogen) atoms. The summed E-state index contributed by atoms with van der Waals surface area (Å²) in [5, 5.41) is 13.5. The summed E-state index contributed by atoms with van der Waals surface area (Å²) in [5.41, 5.74) is -0.457. The van der Waals surface area contributed by atoms with Gasteiger partial charge in [0.05, 0.1) is 6.54 Å². The summed E-state index contributed by atoms with van der Waals surface area (Å²) in [6.45, 7) is 2.58. The second-order valence-corrected chi connectivity index (χ2v) is 7.56. The zero-order valence-electron chi connectivity index (χ0n) is 14.6. The summed E-state index contributed by atoms with van der Waals surface area (Å²) >= 11 is 0. The smallest absolute Gasteiger partial charge is 0.253 e. The number of likely N-dealkylation sites (tertiary alicyclic amines) is 1. The van der Waals surface area contributed by atoms with Gasteiger partial charge in [-0.15, -0.1) is 0 Å². The molecule has 1 aliphatic carbocycles. The zero-order chi connectivity index (χ0) is 18.1. The van der Waals surface area contributed by atoms with E-state index in [0.717, 1.165) is 24.8 Å². The van der Waals surface area contributed by atoms with Crippen molar-refractivity contribution >= 4 is 11.8 Å². The molecule has 0 spiro atoms. The molecule has 0 radical (unpaired) electrons. The first kappa shape index (κ1) is 17.9. The Hall–Kier alpha value is -1.95. The van der Waals surface area contributed by atoms with Crippen LogP contribution in [0.1, 0.15) is 38.2 Å². The summed E-state index contributed by atoms with van der Waals surface area (Å²) in [5.74, 6) is -0.777. The number of aliphatic hydroxyl groups is 1. The Morgan fingerprint density at radius 2 is 1.92 bits per heavy atom. The number of hydrogen-bond acceptors (Lipinski definition) is 3. The van der Waals surface area contributed by atoms with Crippen LogP contribution in [0.4, 0.5) is 4.39 Å². The third kappa shape index (κ3) is 4.18. The van der Waals surface area contributed by atoms with Crippen molar-refractivity contribution in [2.45, 2.75) is 44.6 Å². The van der Waals surface area contributed by atoms with Gasteiger partial charge in [-0.3, -0.25) is 9.59 Å². The molecule has 0 unspecified atom stereocenters. The van der Waals surface area contributed by atoms with Gasteiger partial charge in [0.2, 0.25) is 5.91 Å². The highest BCUT2D eigenvalue weighted by Crippen LogP contribution is 2.47. The van der Waals surface area contributed by atoms with Crippen LogP contribution in [0, 0.1) is 11.2 Å². The first-order valence-corrected chi connectivity index (χ1v) is 8.83. The number of amides is 2. The fraction of sp³-hybridized carbons (Fsp3) is 0.579. The van der Waals surface area contributed by atoms with Crippen LogP contribution in [-0.2, 0) is 16.0 Å². The summed E-state index contributed by atoms with van der Waals surface area (Å²) in [7, 11) is 0. The van der Waals surface area contributed by atoms with E-state index in [1.54, 1.807) is 12.1 Å². The molecule has 2 N–H and O–H groups in total. The van der Waals surface area contributed by atoms with Gasteiger partial charge in [0, 0.05) is 20.0 Å². The number of carbonyl (C=O) groups is 2. The van der Waals surface area contributed by atoms with E-state index in [1.165, 1.54) is 24.0 Å². The molecule has 3 rings (SSSR count). The van der Waals surface area contributed by atoms with Gasteiger partial charge in [-0.2, -0.15) is 0 Å². The molecule has 6 heteroatoms. The van der Waals surface area contributed by atoms with Crippen molar-refractivity contribution in [3.05, 3.63) is 35.6 Å². The first-order chi connectivity index (χ1) is 11.8. The molecule has 136 valence electrons. The zero-order valence-corrected chi connectivity index (χ0v) is 14.6. The van der Waals surface area contributed by atoms with Crippen LogP contribution in [0.3, 0.4) is 0 Å². The van der Waals surface area contributed by atoms with Gasteiger partial charge in [0.1, 0.15) is 5.82 Å². The summed E-state index contributed by atoms with van der Waals surface area (Å²) in [6.07, 6.45) is 3.77. The number of β-amino-alcohol motifs (C(OH)–C–C–N with tert-alkyl or cyclic N) is 1. The Morgan fingerprint density at radius 1 is 1.24 bits per heavy atom. The Balaban J connectivity index is 1.56. The summed E-state index contributed by atoms with van der Waals surface area (Å²) in [6, 6.07) is 6.45. The maximum absolute atomic E-state index is 13.0. The van der Waals surface area contributed by atoms with Crippen LogP contribution in [0.25, 0.3) is 0 Å². The third-order valence-electron chi connectivity index (χ3n) is 5.41. The highest BCUT2D eigenvalue weighted by Gasteiger charge is 2.45. The third-order valence-corrected chi connectivity index (χ3v) is 5.41. The fourth-order valence-electron chi connectivity index (χ4n) is 3.55. The van der Waals surface area contributed by atoms with Crippen LogP contribution in [0.15, 0.2) is 24.3 Å². The normalized spacial score (nSPS) is 24.7. The number of nitrogens with zero attached hydrogens (tertiary/aromatic N) is 1. The van der Waals surface area contributed by atoms with E-state index in [1.807, 2.05) is 0 Å². The van der Waals surface area contributed by atoms with E-state index in [4.69, 9.17) is 0 Å². The van der Waals surface area contributed by atoms with Gasteiger partial charge < -0.3 is 15.3 Å². The molecule has 0 aromatic heterocycles. The van der Waals surface area contributed by atoms with Crippen molar-refractivity contribution in [1.29, 1.82) is 0 Å². The molecule has 1 saturated heterocycles. The lowest BCUT2D eigenvalue weighted by molar-refractivity contribution is -0.150. The number of benzene rings is 1. The standard InChI is InChI=1S/C19H25FN2O3/c1-14(23)22-10-2-7-19(25,13-22)17(24)21-12-18(8-9-18)11-15-3-5-16(20)6-4-15/h3-6,25H,2,7-13H2,1H3,(H,21,24)/t19-/m1/s1. The fourth-order valence-corrected chi connectivity index (χ4v) is 3.55. The van der Waals surface area contributed by atoms with Crippen molar-refractivity contribution in [1.82, 2.24) is 10.2 Å². The average Bonchev–Trinajstić information content (AvgIpc) is 3.35. The Labute approximate surface area is 147 Å². The summed E-state index contributed by atoms with van der Waals surface area (Å²) in [4.78, 5) is 25.6. The minimum atomic E-state index is -1.50. The second-order valence-electron chi connectivity index (χ2n) is 7.56. The molecular weight excluding hydrogens is 323 g/mol. The van der Waals surface area contributed by atoms with E-state index >= 15 is 0 Å². The topological polar surface area (TPSA) is 69.6 Å². The van der Waals surface area contributed by atoms with Gasteiger partial charge in [0.25, 0.3) is 5.91 Å². The molecule has 1 aromatic carbocycles. The number of hydrogen-bond donors (Lipinski definition) is 2. The van der Waals surface area contributed by atoms with Crippen LogP contribution < -0.4 is 5.32 Å². The van der Waals surface area contributed by atoms with Crippen molar-refractivity contribution in [3.8, 4) is 0 Å². The molecule has 0 bridgehead atoms. The maximum Gasteiger partial charge on any atom is 0.253 e. The maximum atomic E-state index is 13.0. The van der Waals surface area contributed by atoms with Gasteiger partial charge in [-0.1, -0.05) is 12.1 Å². The van der Waals surface area contributed by atoms with Gasteiger partial charge in [0.15, 0.2) is 5.60 Å². The van der Waals surface area contributed by atoms with E-state index in [9.17, 15) is 19.1 Å². The number of halogens is 1. The Morgan fingerprint density at radius 3 is 2.52 bits per heavy atom. The lowest BCUT2D eigenvalue weighted by atomic mass is 9.91. The predicted molar refractivity (Wildman–Crippen MR) is 91.2 cm³/mol. The average molecular weight is 348 g/mol. The second kappa shape index (κ2) is 6.75. The van der Waals surface area contributed by atoms with E-state index < -0.39 is 11.5 Å². The molecule has 1 aliphatic heterocycles. The first-order valence-electron chi connectivity index (χ1n) is 8.83. The molecule has 1 heterocycles. The van der Waals surface area contributed by atoms with Crippen molar-refractivity contribution in [2.75, 3.05) is 19.6 Å². The van der Waals surface area contributed by atoms with Crippen LogP contribution in [-0.4, -0.2) is 47.1 Å². The van der Waals surface area contributed by atoms with Gasteiger partial charge in [-0.25, -0.2) is 4.39 Å². The van der Waals surface area contributed by atoms with Crippen LogP contribution in [0.5, 0.6) is 0 Å². The Bertz CT molecular complexity index is 657. The molecule has 5 nitrogen and oxygen atoms in total. The lowest BCUT2D eigenvalue weighted by Crippen LogP contribution is -2.58. The van der Waals surface area contributed by atoms with Gasteiger partial charge in [-0.05, 0) is 55.2 Å². The van der Waals surface area contributed by atoms with Crippen molar-refractivity contribution in [3.63, 3.8) is 0 Å². The molecule has 1 atom stereocenters. The van der Waals surface area contributed by atoms with Crippen molar-refractivity contribution in [2.24, 2.45) is 5.41 Å². The monoisotopic (exact) mass is 348 g/mol. The number of rotatable bonds is 5.